The quantitative estimate of drug-likeness (QED) is 0.934. The van der Waals surface area contributed by atoms with E-state index < -0.39 is 0 Å². The summed E-state index contributed by atoms with van der Waals surface area (Å²) in [6, 6.07) is 4.90. The molecule has 0 aliphatic carbocycles. The Balaban J connectivity index is 2.27. The lowest BCUT2D eigenvalue weighted by Gasteiger charge is -1.99. The molecule has 2 rings (SSSR count). The van der Waals surface area contributed by atoms with Crippen molar-refractivity contribution >= 4 is 27.3 Å². The molecule has 2 aromatic rings. The van der Waals surface area contributed by atoms with Crippen LogP contribution in [0.4, 0.5) is 4.39 Å². The Morgan fingerprint density at radius 1 is 1.47 bits per heavy atom. The molecule has 2 nitrogen and oxygen atoms in total. The van der Waals surface area contributed by atoms with Crippen LogP contribution in [0.1, 0.15) is 5.69 Å². The monoisotopic (exact) mass is 314 g/mol. The number of thiazole rings is 1. The van der Waals surface area contributed by atoms with E-state index in [0.29, 0.717) is 5.56 Å². The summed E-state index contributed by atoms with van der Waals surface area (Å²) in [5.74, 6) is -0.234. The van der Waals surface area contributed by atoms with E-state index in [0.717, 1.165) is 28.1 Å². The standard InChI is InChI=1S/C12H12BrFN2S/c1-15-5-4-9-7-17-12(16-9)10-6-8(13)2-3-11(10)14/h2-3,6-7,15H,4-5H2,1H3. The second-order valence-corrected chi connectivity index (χ2v) is 5.40. The summed E-state index contributed by atoms with van der Waals surface area (Å²) >= 11 is 4.82. The predicted octanol–water partition coefficient (Wildman–Crippen LogP) is 3.47. The SMILES string of the molecule is CNCCc1csc(-c2cc(Br)ccc2F)n1. The van der Waals surface area contributed by atoms with Gasteiger partial charge in [-0.15, -0.1) is 11.3 Å². The van der Waals surface area contributed by atoms with E-state index in [1.54, 1.807) is 12.1 Å². The lowest BCUT2D eigenvalue weighted by Crippen LogP contribution is -2.10. The van der Waals surface area contributed by atoms with E-state index in [1.165, 1.54) is 17.4 Å². The minimum Gasteiger partial charge on any atom is -0.319 e. The van der Waals surface area contributed by atoms with Crippen LogP contribution in [0.25, 0.3) is 10.6 Å². The van der Waals surface area contributed by atoms with Crippen LogP contribution >= 0.6 is 27.3 Å². The largest absolute Gasteiger partial charge is 0.319 e. The van der Waals surface area contributed by atoms with Gasteiger partial charge in [0.2, 0.25) is 0 Å². The van der Waals surface area contributed by atoms with E-state index in [-0.39, 0.29) is 5.82 Å². The maximum atomic E-state index is 13.7. The van der Waals surface area contributed by atoms with Gasteiger partial charge in [0, 0.05) is 28.4 Å². The second kappa shape index (κ2) is 5.71. The summed E-state index contributed by atoms with van der Waals surface area (Å²) in [6.07, 6.45) is 0.864. The summed E-state index contributed by atoms with van der Waals surface area (Å²) in [4.78, 5) is 4.44. The molecule has 0 aliphatic rings. The third-order valence-corrected chi connectivity index (χ3v) is 3.76. The van der Waals surface area contributed by atoms with Crippen LogP contribution in [0.15, 0.2) is 28.1 Å². The first-order valence-corrected chi connectivity index (χ1v) is 6.92. The normalized spacial score (nSPS) is 10.8. The Hall–Kier alpha value is -0.780. The highest BCUT2D eigenvalue weighted by Gasteiger charge is 2.10. The first-order chi connectivity index (χ1) is 8.20. The highest BCUT2D eigenvalue weighted by molar-refractivity contribution is 9.10. The van der Waals surface area contributed by atoms with Crippen LogP contribution in [0, 0.1) is 5.82 Å². The van der Waals surface area contributed by atoms with Gasteiger partial charge in [-0.1, -0.05) is 15.9 Å². The van der Waals surface area contributed by atoms with Crippen molar-refractivity contribution in [2.45, 2.75) is 6.42 Å². The minimum absolute atomic E-state index is 0.234. The van der Waals surface area contributed by atoms with Crippen molar-refractivity contribution in [3.05, 3.63) is 39.6 Å². The molecule has 0 saturated heterocycles. The molecule has 1 heterocycles. The molecule has 0 atom stereocenters. The average molecular weight is 315 g/mol. The maximum Gasteiger partial charge on any atom is 0.133 e. The number of halogens is 2. The Kier molecular flexibility index (Phi) is 4.25. The molecule has 0 spiro atoms. The maximum absolute atomic E-state index is 13.7. The molecule has 0 unspecified atom stereocenters. The fourth-order valence-electron chi connectivity index (χ4n) is 1.46. The predicted molar refractivity (Wildman–Crippen MR) is 72.8 cm³/mol. The summed E-state index contributed by atoms with van der Waals surface area (Å²) in [7, 11) is 1.90. The van der Waals surface area contributed by atoms with Gasteiger partial charge >= 0.3 is 0 Å². The van der Waals surface area contributed by atoms with E-state index in [1.807, 2.05) is 12.4 Å². The van der Waals surface area contributed by atoms with Crippen LogP contribution < -0.4 is 5.32 Å². The summed E-state index contributed by atoms with van der Waals surface area (Å²) in [5.41, 5.74) is 1.55. The highest BCUT2D eigenvalue weighted by Crippen LogP contribution is 2.28. The molecular weight excluding hydrogens is 303 g/mol. The fraction of sp³-hybridized carbons (Fsp3) is 0.250. The van der Waals surface area contributed by atoms with Gasteiger partial charge in [0.15, 0.2) is 0 Å². The molecule has 0 fully saturated rings. The van der Waals surface area contributed by atoms with Crippen molar-refractivity contribution in [1.82, 2.24) is 10.3 Å². The van der Waals surface area contributed by atoms with E-state index in [9.17, 15) is 4.39 Å². The van der Waals surface area contributed by atoms with Crippen LogP contribution in [0.3, 0.4) is 0 Å². The first kappa shape index (κ1) is 12.7. The van der Waals surface area contributed by atoms with Gasteiger partial charge in [-0.2, -0.15) is 0 Å². The van der Waals surface area contributed by atoms with Crippen molar-refractivity contribution < 1.29 is 4.39 Å². The number of nitrogens with zero attached hydrogens (tertiary/aromatic N) is 1. The van der Waals surface area contributed by atoms with Crippen LogP contribution in [-0.4, -0.2) is 18.6 Å². The summed E-state index contributed by atoms with van der Waals surface area (Å²) in [5, 5.41) is 5.78. The number of hydrogen-bond acceptors (Lipinski definition) is 3. The van der Waals surface area contributed by atoms with Gasteiger partial charge in [-0.3, -0.25) is 0 Å². The third kappa shape index (κ3) is 3.12. The van der Waals surface area contributed by atoms with Crippen molar-refractivity contribution in [3.8, 4) is 10.6 Å². The Bertz CT molecular complexity index is 513. The van der Waals surface area contributed by atoms with Gasteiger partial charge < -0.3 is 5.32 Å². The number of aromatic nitrogens is 1. The van der Waals surface area contributed by atoms with Crippen LogP contribution in [-0.2, 0) is 6.42 Å². The van der Waals surface area contributed by atoms with Gasteiger partial charge in [0.1, 0.15) is 10.8 Å². The molecule has 0 aliphatic heterocycles. The van der Waals surface area contributed by atoms with Gasteiger partial charge in [0.05, 0.1) is 5.69 Å². The van der Waals surface area contributed by atoms with Gasteiger partial charge in [-0.05, 0) is 25.2 Å². The molecule has 0 amide bonds. The number of likely N-dealkylation sites (N-methyl/N-ethyl adjacent to an activating group) is 1. The number of benzene rings is 1. The molecule has 17 heavy (non-hydrogen) atoms. The van der Waals surface area contributed by atoms with Crippen molar-refractivity contribution in [1.29, 1.82) is 0 Å². The lowest BCUT2D eigenvalue weighted by atomic mass is 10.2. The molecule has 1 aromatic heterocycles. The molecular formula is C12H12BrFN2S. The Morgan fingerprint density at radius 2 is 2.29 bits per heavy atom. The van der Waals surface area contributed by atoms with Gasteiger partial charge in [0.25, 0.3) is 0 Å². The minimum atomic E-state index is -0.234. The Morgan fingerprint density at radius 3 is 3.06 bits per heavy atom. The van der Waals surface area contributed by atoms with Gasteiger partial charge in [-0.25, -0.2) is 9.37 Å². The highest BCUT2D eigenvalue weighted by atomic mass is 79.9. The smallest absolute Gasteiger partial charge is 0.133 e. The molecule has 5 heteroatoms. The Labute approximate surface area is 112 Å². The molecule has 1 aromatic carbocycles. The van der Waals surface area contributed by atoms with Crippen molar-refractivity contribution in [2.75, 3.05) is 13.6 Å². The van der Waals surface area contributed by atoms with E-state index in [2.05, 4.69) is 26.2 Å². The molecule has 90 valence electrons. The summed E-state index contributed by atoms with van der Waals surface area (Å²) in [6.45, 7) is 0.879. The second-order valence-electron chi connectivity index (χ2n) is 3.62. The van der Waals surface area contributed by atoms with Crippen molar-refractivity contribution in [3.63, 3.8) is 0 Å². The zero-order valence-corrected chi connectivity index (χ0v) is 11.7. The third-order valence-electron chi connectivity index (χ3n) is 2.34. The summed E-state index contributed by atoms with van der Waals surface area (Å²) < 4.78 is 14.5. The zero-order chi connectivity index (χ0) is 12.3. The number of rotatable bonds is 4. The lowest BCUT2D eigenvalue weighted by molar-refractivity contribution is 0.631. The fourth-order valence-corrected chi connectivity index (χ4v) is 2.69. The number of nitrogens with one attached hydrogen (secondary N) is 1. The molecule has 1 N–H and O–H groups in total. The molecule has 0 saturated carbocycles. The van der Waals surface area contributed by atoms with E-state index in [4.69, 9.17) is 0 Å². The number of hydrogen-bond donors (Lipinski definition) is 1. The zero-order valence-electron chi connectivity index (χ0n) is 9.34. The molecule has 0 bridgehead atoms. The molecule has 0 radical (unpaired) electrons. The van der Waals surface area contributed by atoms with Crippen LogP contribution in [0.5, 0.6) is 0 Å². The first-order valence-electron chi connectivity index (χ1n) is 5.25. The topological polar surface area (TPSA) is 24.9 Å². The van der Waals surface area contributed by atoms with Crippen molar-refractivity contribution in [2.24, 2.45) is 0 Å². The average Bonchev–Trinajstić information content (AvgIpc) is 2.78. The van der Waals surface area contributed by atoms with E-state index >= 15 is 0 Å². The van der Waals surface area contributed by atoms with Crippen LogP contribution in [0.2, 0.25) is 0 Å².